The van der Waals surface area contributed by atoms with Gasteiger partial charge in [0.25, 0.3) is 0 Å². The Labute approximate surface area is 133 Å². The summed E-state index contributed by atoms with van der Waals surface area (Å²) in [5, 5.41) is 11.0. The third-order valence-corrected chi connectivity index (χ3v) is 5.19. The van der Waals surface area contributed by atoms with Crippen molar-refractivity contribution in [2.24, 2.45) is 5.92 Å². The largest absolute Gasteiger partial charge is 0.388 e. The predicted octanol–water partition coefficient (Wildman–Crippen LogP) is 2.54. The standard InChI is InChI=1S/C18H16N4O/c23-18-13(5-6-15-14(18)7-19-9-21-15)17-12-4-2-1-3-11(12)16-8-20-10-22(16)17/h1-4,7-10,13,17-18,23H,5-6H2/t13-,17-,18-/m1/s1. The van der Waals surface area contributed by atoms with Crippen LogP contribution in [0.4, 0.5) is 0 Å². The van der Waals surface area contributed by atoms with Gasteiger partial charge in [0, 0.05) is 28.9 Å². The van der Waals surface area contributed by atoms with Crippen molar-refractivity contribution in [3.8, 4) is 11.3 Å². The SMILES string of the molecule is O[C@H]1c2cncnc2CC[C@@H]1[C@H]1c2ccccc2-c2cncn21. The lowest BCUT2D eigenvalue weighted by atomic mass is 9.78. The molecule has 0 unspecified atom stereocenters. The Hall–Kier alpha value is -2.53. The molecule has 3 heterocycles. The second-order valence-corrected chi connectivity index (χ2v) is 6.29. The van der Waals surface area contributed by atoms with E-state index in [0.717, 1.165) is 29.8 Å². The molecule has 1 aliphatic heterocycles. The lowest BCUT2D eigenvalue weighted by Gasteiger charge is -2.34. The van der Waals surface area contributed by atoms with Gasteiger partial charge in [-0.15, -0.1) is 0 Å². The van der Waals surface area contributed by atoms with Gasteiger partial charge in [0.2, 0.25) is 0 Å². The molecule has 2 aromatic heterocycles. The van der Waals surface area contributed by atoms with Crippen molar-refractivity contribution in [3.63, 3.8) is 0 Å². The van der Waals surface area contributed by atoms with Crippen molar-refractivity contribution in [3.05, 3.63) is 66.1 Å². The van der Waals surface area contributed by atoms with E-state index in [4.69, 9.17) is 0 Å². The molecule has 0 amide bonds. The molecule has 5 heteroatoms. The normalized spacial score (nSPS) is 24.8. The van der Waals surface area contributed by atoms with Crippen LogP contribution in [-0.4, -0.2) is 24.6 Å². The minimum atomic E-state index is -0.550. The van der Waals surface area contributed by atoms with Crippen LogP contribution < -0.4 is 0 Å². The highest BCUT2D eigenvalue weighted by Crippen LogP contribution is 2.49. The maximum atomic E-state index is 11.0. The minimum Gasteiger partial charge on any atom is -0.388 e. The molecule has 23 heavy (non-hydrogen) atoms. The van der Waals surface area contributed by atoms with Crippen LogP contribution in [0.5, 0.6) is 0 Å². The molecule has 0 saturated heterocycles. The van der Waals surface area contributed by atoms with Gasteiger partial charge in [-0.1, -0.05) is 24.3 Å². The van der Waals surface area contributed by atoms with Crippen LogP contribution in [0.2, 0.25) is 0 Å². The van der Waals surface area contributed by atoms with Gasteiger partial charge in [-0.2, -0.15) is 0 Å². The average Bonchev–Trinajstić information content (AvgIpc) is 3.17. The van der Waals surface area contributed by atoms with Crippen molar-refractivity contribution in [1.82, 2.24) is 19.5 Å². The number of hydrogen-bond acceptors (Lipinski definition) is 4. The smallest absolute Gasteiger partial charge is 0.115 e. The van der Waals surface area contributed by atoms with E-state index in [9.17, 15) is 5.11 Å². The first kappa shape index (κ1) is 13.0. The summed E-state index contributed by atoms with van der Waals surface area (Å²) in [4.78, 5) is 12.7. The molecule has 0 spiro atoms. The summed E-state index contributed by atoms with van der Waals surface area (Å²) in [5.74, 6) is 0.102. The van der Waals surface area contributed by atoms with Crippen LogP contribution in [-0.2, 0) is 6.42 Å². The second-order valence-electron chi connectivity index (χ2n) is 6.29. The van der Waals surface area contributed by atoms with Gasteiger partial charge in [0.15, 0.2) is 0 Å². The van der Waals surface area contributed by atoms with Crippen molar-refractivity contribution < 1.29 is 5.11 Å². The second kappa shape index (κ2) is 4.73. The summed E-state index contributed by atoms with van der Waals surface area (Å²) >= 11 is 0. The first-order valence-electron chi connectivity index (χ1n) is 7.92. The molecule has 0 bridgehead atoms. The van der Waals surface area contributed by atoms with E-state index in [1.807, 2.05) is 12.5 Å². The van der Waals surface area contributed by atoms with Gasteiger partial charge in [-0.25, -0.2) is 15.0 Å². The van der Waals surface area contributed by atoms with Crippen molar-refractivity contribution in [1.29, 1.82) is 0 Å². The molecule has 0 radical (unpaired) electrons. The number of aliphatic hydroxyl groups is 1. The monoisotopic (exact) mass is 304 g/mol. The van der Waals surface area contributed by atoms with Gasteiger partial charge in [-0.3, -0.25) is 0 Å². The van der Waals surface area contributed by atoms with Gasteiger partial charge < -0.3 is 9.67 Å². The van der Waals surface area contributed by atoms with E-state index >= 15 is 0 Å². The highest BCUT2D eigenvalue weighted by molar-refractivity contribution is 5.69. The summed E-state index contributed by atoms with van der Waals surface area (Å²) in [6.45, 7) is 0. The van der Waals surface area contributed by atoms with Gasteiger partial charge in [0.1, 0.15) is 6.33 Å². The molecule has 1 aromatic carbocycles. The van der Waals surface area contributed by atoms with E-state index < -0.39 is 6.10 Å². The Morgan fingerprint density at radius 2 is 2.00 bits per heavy atom. The molecular weight excluding hydrogens is 288 g/mol. The molecule has 1 N–H and O–H groups in total. The van der Waals surface area contributed by atoms with Gasteiger partial charge in [0.05, 0.1) is 30.4 Å². The fraction of sp³-hybridized carbons (Fsp3) is 0.278. The summed E-state index contributed by atoms with van der Waals surface area (Å²) in [5.41, 5.74) is 5.47. The van der Waals surface area contributed by atoms with Crippen LogP contribution in [0.3, 0.4) is 0 Å². The third-order valence-electron chi connectivity index (χ3n) is 5.19. The number of fused-ring (bicyclic) bond motifs is 4. The van der Waals surface area contributed by atoms with Crippen molar-refractivity contribution >= 4 is 0 Å². The molecule has 5 rings (SSSR count). The number of imidazole rings is 1. The molecule has 0 saturated carbocycles. The highest BCUT2D eigenvalue weighted by Gasteiger charge is 2.40. The molecule has 3 atom stereocenters. The Bertz CT molecular complexity index is 888. The predicted molar refractivity (Wildman–Crippen MR) is 84.6 cm³/mol. The third kappa shape index (κ3) is 1.74. The van der Waals surface area contributed by atoms with Crippen LogP contribution >= 0.6 is 0 Å². The van der Waals surface area contributed by atoms with Gasteiger partial charge in [-0.05, 0) is 18.4 Å². The zero-order valence-electron chi connectivity index (χ0n) is 12.5. The lowest BCUT2D eigenvalue weighted by molar-refractivity contribution is 0.0706. The van der Waals surface area contributed by atoms with E-state index in [0.29, 0.717) is 0 Å². The number of rotatable bonds is 1. The lowest BCUT2D eigenvalue weighted by Crippen LogP contribution is -2.29. The summed E-state index contributed by atoms with van der Waals surface area (Å²) in [7, 11) is 0. The Balaban J connectivity index is 1.64. The Morgan fingerprint density at radius 1 is 1.09 bits per heavy atom. The summed E-state index contributed by atoms with van der Waals surface area (Å²) < 4.78 is 2.20. The molecule has 0 fully saturated rings. The number of aromatic nitrogens is 4. The molecule has 5 nitrogen and oxygen atoms in total. The molecule has 3 aromatic rings. The first-order chi connectivity index (χ1) is 11.3. The van der Waals surface area contributed by atoms with E-state index in [-0.39, 0.29) is 12.0 Å². The van der Waals surface area contributed by atoms with Gasteiger partial charge >= 0.3 is 0 Å². The van der Waals surface area contributed by atoms with E-state index in [1.54, 1.807) is 12.5 Å². The molecular formula is C18H16N4O. The Morgan fingerprint density at radius 3 is 2.96 bits per heavy atom. The topological polar surface area (TPSA) is 63.8 Å². The molecule has 2 aliphatic rings. The van der Waals surface area contributed by atoms with Crippen LogP contribution in [0.15, 0.2) is 49.3 Å². The summed E-state index contributed by atoms with van der Waals surface area (Å²) in [6.07, 6.45) is 8.34. The van der Waals surface area contributed by atoms with E-state index in [1.165, 1.54) is 11.1 Å². The van der Waals surface area contributed by atoms with Crippen LogP contribution in [0, 0.1) is 5.92 Å². The Kier molecular flexibility index (Phi) is 2.67. The average molecular weight is 304 g/mol. The number of benzene rings is 1. The molecule has 1 aliphatic carbocycles. The quantitative estimate of drug-likeness (QED) is 0.750. The minimum absolute atomic E-state index is 0.102. The maximum Gasteiger partial charge on any atom is 0.115 e. The number of aliphatic hydroxyl groups excluding tert-OH is 1. The van der Waals surface area contributed by atoms with E-state index in [2.05, 4.69) is 43.8 Å². The zero-order chi connectivity index (χ0) is 15.4. The fourth-order valence-corrected chi connectivity index (χ4v) is 4.15. The van der Waals surface area contributed by atoms with Crippen LogP contribution in [0.25, 0.3) is 11.3 Å². The zero-order valence-corrected chi connectivity index (χ0v) is 12.5. The number of hydrogen-bond donors (Lipinski definition) is 1. The highest BCUT2D eigenvalue weighted by atomic mass is 16.3. The fourth-order valence-electron chi connectivity index (χ4n) is 4.15. The number of nitrogens with zero attached hydrogens (tertiary/aromatic N) is 4. The number of aryl methyl sites for hydroxylation is 1. The molecule has 114 valence electrons. The first-order valence-corrected chi connectivity index (χ1v) is 7.92. The van der Waals surface area contributed by atoms with Crippen molar-refractivity contribution in [2.45, 2.75) is 25.0 Å². The summed E-state index contributed by atoms with van der Waals surface area (Å²) in [6, 6.07) is 8.54. The van der Waals surface area contributed by atoms with Crippen LogP contribution in [0.1, 0.15) is 35.4 Å². The maximum absolute atomic E-state index is 11.0. The van der Waals surface area contributed by atoms with Crippen molar-refractivity contribution in [2.75, 3.05) is 0 Å².